The van der Waals surface area contributed by atoms with Crippen LogP contribution in [0.1, 0.15) is 19.8 Å². The Morgan fingerprint density at radius 1 is 1.50 bits per heavy atom. The van der Waals surface area contributed by atoms with E-state index in [0.29, 0.717) is 5.41 Å². The van der Waals surface area contributed by atoms with E-state index in [1.807, 2.05) is 6.92 Å². The zero-order valence-electron chi connectivity index (χ0n) is 10.2. The van der Waals surface area contributed by atoms with Crippen molar-refractivity contribution in [3.05, 3.63) is 0 Å². The van der Waals surface area contributed by atoms with Crippen molar-refractivity contribution >= 4 is 15.9 Å². The molecule has 0 saturated carbocycles. The first-order valence-electron chi connectivity index (χ1n) is 5.84. The van der Waals surface area contributed by atoms with Crippen molar-refractivity contribution in [3.63, 3.8) is 0 Å². The number of nitrogens with zero attached hydrogens (tertiary/aromatic N) is 2. The van der Waals surface area contributed by atoms with Gasteiger partial charge in [0.05, 0.1) is 12.0 Å². The number of rotatable bonds is 5. The number of ether oxygens (including phenoxy) is 1. The first-order chi connectivity index (χ1) is 7.62. The standard InChI is InChI=1S/C12H21BrN2O/c1-11(7-14)8-15(2)10-12(9-13)3-5-16-6-4-12/h11H,3-6,8-10H2,1-2H3. The average Bonchev–Trinajstić information content (AvgIpc) is 2.29. The molecule has 4 heteroatoms. The summed E-state index contributed by atoms with van der Waals surface area (Å²) in [6, 6.07) is 2.29. The second-order valence-corrected chi connectivity index (χ2v) is 5.53. The molecule has 16 heavy (non-hydrogen) atoms. The molecule has 0 amide bonds. The van der Waals surface area contributed by atoms with Crippen molar-refractivity contribution in [2.24, 2.45) is 11.3 Å². The molecule has 1 aliphatic heterocycles. The van der Waals surface area contributed by atoms with Crippen molar-refractivity contribution in [1.82, 2.24) is 4.90 Å². The molecule has 0 spiro atoms. The number of hydrogen-bond acceptors (Lipinski definition) is 3. The van der Waals surface area contributed by atoms with E-state index in [1.165, 1.54) is 0 Å². The van der Waals surface area contributed by atoms with Crippen molar-refractivity contribution in [2.45, 2.75) is 19.8 Å². The number of hydrogen-bond donors (Lipinski definition) is 0. The van der Waals surface area contributed by atoms with E-state index < -0.39 is 0 Å². The van der Waals surface area contributed by atoms with E-state index in [1.54, 1.807) is 0 Å². The van der Waals surface area contributed by atoms with Crippen LogP contribution in [0, 0.1) is 22.7 Å². The van der Waals surface area contributed by atoms with Crippen molar-refractivity contribution < 1.29 is 4.74 Å². The van der Waals surface area contributed by atoms with Gasteiger partial charge in [-0.1, -0.05) is 15.9 Å². The molecule has 0 N–H and O–H groups in total. The van der Waals surface area contributed by atoms with Gasteiger partial charge < -0.3 is 9.64 Å². The van der Waals surface area contributed by atoms with E-state index >= 15 is 0 Å². The topological polar surface area (TPSA) is 36.3 Å². The smallest absolute Gasteiger partial charge is 0.0666 e. The quantitative estimate of drug-likeness (QED) is 0.728. The van der Waals surface area contributed by atoms with Gasteiger partial charge in [0.2, 0.25) is 0 Å². The number of halogens is 1. The lowest BCUT2D eigenvalue weighted by atomic mass is 9.82. The summed E-state index contributed by atoms with van der Waals surface area (Å²) >= 11 is 3.63. The summed E-state index contributed by atoms with van der Waals surface area (Å²) in [6.07, 6.45) is 2.23. The number of nitriles is 1. The fourth-order valence-electron chi connectivity index (χ4n) is 2.28. The second kappa shape index (κ2) is 6.58. The van der Waals surface area contributed by atoms with Crippen LogP contribution < -0.4 is 0 Å². The zero-order valence-corrected chi connectivity index (χ0v) is 11.8. The molecule has 0 aliphatic carbocycles. The van der Waals surface area contributed by atoms with E-state index in [0.717, 1.165) is 44.5 Å². The van der Waals surface area contributed by atoms with Crippen LogP contribution in [0.25, 0.3) is 0 Å². The van der Waals surface area contributed by atoms with Crippen molar-refractivity contribution in [2.75, 3.05) is 38.7 Å². The van der Waals surface area contributed by atoms with Crippen LogP contribution >= 0.6 is 15.9 Å². The minimum atomic E-state index is 0.109. The Kier molecular flexibility index (Phi) is 5.74. The van der Waals surface area contributed by atoms with Gasteiger partial charge in [0.1, 0.15) is 0 Å². The average molecular weight is 289 g/mol. The van der Waals surface area contributed by atoms with E-state index in [2.05, 4.69) is 33.9 Å². The van der Waals surface area contributed by atoms with Gasteiger partial charge in [-0.3, -0.25) is 0 Å². The van der Waals surface area contributed by atoms with Crippen LogP contribution in [0.4, 0.5) is 0 Å². The van der Waals surface area contributed by atoms with Gasteiger partial charge >= 0.3 is 0 Å². The Hall–Kier alpha value is -0.110. The third-order valence-corrected chi connectivity index (χ3v) is 4.44. The summed E-state index contributed by atoms with van der Waals surface area (Å²) < 4.78 is 5.42. The Bertz CT molecular complexity index is 246. The van der Waals surface area contributed by atoms with Gasteiger partial charge in [0.15, 0.2) is 0 Å². The lowest BCUT2D eigenvalue weighted by molar-refractivity contribution is 0.0112. The lowest BCUT2D eigenvalue weighted by Gasteiger charge is -2.39. The molecule has 0 radical (unpaired) electrons. The second-order valence-electron chi connectivity index (χ2n) is 4.97. The van der Waals surface area contributed by atoms with Crippen molar-refractivity contribution in [3.8, 4) is 6.07 Å². The summed E-state index contributed by atoms with van der Waals surface area (Å²) in [6.45, 7) is 5.61. The lowest BCUT2D eigenvalue weighted by Crippen LogP contribution is -2.42. The maximum absolute atomic E-state index is 8.80. The molecule has 0 aromatic rings. The molecule has 0 bridgehead atoms. The first kappa shape index (κ1) is 14.0. The molecule has 3 nitrogen and oxygen atoms in total. The van der Waals surface area contributed by atoms with Gasteiger partial charge in [-0.2, -0.15) is 5.26 Å². The SMILES string of the molecule is CC(C#N)CN(C)CC1(CBr)CCOCC1. The van der Waals surface area contributed by atoms with Crippen LogP contribution in [0.15, 0.2) is 0 Å². The highest BCUT2D eigenvalue weighted by Crippen LogP contribution is 2.33. The molecule has 1 aliphatic rings. The third kappa shape index (κ3) is 4.04. The fraction of sp³-hybridized carbons (Fsp3) is 0.917. The Morgan fingerprint density at radius 2 is 2.12 bits per heavy atom. The van der Waals surface area contributed by atoms with E-state index in [4.69, 9.17) is 10.00 Å². The molecule has 1 saturated heterocycles. The van der Waals surface area contributed by atoms with E-state index in [9.17, 15) is 0 Å². The van der Waals surface area contributed by atoms with Gasteiger partial charge in [-0.05, 0) is 32.2 Å². The zero-order chi connectivity index (χ0) is 12.0. The van der Waals surface area contributed by atoms with Crippen LogP contribution in [0.3, 0.4) is 0 Å². The largest absolute Gasteiger partial charge is 0.381 e. The summed E-state index contributed by atoms with van der Waals surface area (Å²) in [4.78, 5) is 2.28. The van der Waals surface area contributed by atoms with Crippen molar-refractivity contribution in [1.29, 1.82) is 5.26 Å². The highest BCUT2D eigenvalue weighted by Gasteiger charge is 2.32. The summed E-state index contributed by atoms with van der Waals surface area (Å²) in [5.74, 6) is 0.109. The van der Waals surface area contributed by atoms with Crippen LogP contribution in [0.2, 0.25) is 0 Å². The monoisotopic (exact) mass is 288 g/mol. The summed E-state index contributed by atoms with van der Waals surface area (Å²) in [5, 5.41) is 9.83. The number of alkyl halides is 1. The predicted molar refractivity (Wildman–Crippen MR) is 68.6 cm³/mol. The Labute approximate surface area is 107 Å². The van der Waals surface area contributed by atoms with Gasteiger partial charge in [-0.15, -0.1) is 0 Å². The normalized spacial score (nSPS) is 21.7. The van der Waals surface area contributed by atoms with Gasteiger partial charge in [-0.25, -0.2) is 0 Å². The Balaban J connectivity index is 2.46. The minimum absolute atomic E-state index is 0.109. The van der Waals surface area contributed by atoms with Gasteiger partial charge in [0, 0.05) is 31.6 Å². The molecule has 1 fully saturated rings. The maximum atomic E-state index is 8.80. The molecule has 0 aromatic heterocycles. The van der Waals surface area contributed by atoms with Crippen LogP contribution in [0.5, 0.6) is 0 Å². The third-order valence-electron chi connectivity index (χ3n) is 3.25. The molecule has 1 unspecified atom stereocenters. The van der Waals surface area contributed by atoms with Crippen LogP contribution in [-0.2, 0) is 4.74 Å². The van der Waals surface area contributed by atoms with Gasteiger partial charge in [0.25, 0.3) is 0 Å². The highest BCUT2D eigenvalue weighted by molar-refractivity contribution is 9.09. The molecule has 1 atom stereocenters. The first-order valence-corrected chi connectivity index (χ1v) is 6.96. The molecule has 92 valence electrons. The molecule has 0 aromatic carbocycles. The fourth-order valence-corrected chi connectivity index (χ4v) is 3.02. The minimum Gasteiger partial charge on any atom is -0.381 e. The van der Waals surface area contributed by atoms with E-state index in [-0.39, 0.29) is 5.92 Å². The van der Waals surface area contributed by atoms with Crippen LogP contribution in [-0.4, -0.2) is 43.6 Å². The highest BCUT2D eigenvalue weighted by atomic mass is 79.9. The molecular formula is C12H21BrN2O. The maximum Gasteiger partial charge on any atom is 0.0666 e. The molecule has 1 rings (SSSR count). The molecular weight excluding hydrogens is 268 g/mol. The summed E-state index contributed by atoms with van der Waals surface area (Å²) in [5.41, 5.74) is 0.335. The predicted octanol–water partition coefficient (Wildman–Crippen LogP) is 2.27. The summed E-state index contributed by atoms with van der Waals surface area (Å²) in [7, 11) is 2.10. The molecule has 1 heterocycles. The Morgan fingerprint density at radius 3 is 2.62 bits per heavy atom.